The van der Waals surface area contributed by atoms with Gasteiger partial charge in [-0.25, -0.2) is 4.99 Å². The molecule has 0 radical (unpaired) electrons. The van der Waals surface area contributed by atoms with Crippen molar-refractivity contribution < 1.29 is 0 Å². The fourth-order valence-electron chi connectivity index (χ4n) is 8.81. The molecular weight excluding hydrogens is 667 g/mol. The van der Waals surface area contributed by atoms with E-state index in [1.807, 2.05) is 36.4 Å². The summed E-state index contributed by atoms with van der Waals surface area (Å²) in [5.41, 5.74) is 15.6. The number of nitrogens with one attached hydrogen (secondary N) is 1. The lowest BCUT2D eigenvalue weighted by Crippen LogP contribution is -2.18. The highest BCUT2D eigenvalue weighted by Crippen LogP contribution is 2.51. The minimum atomic E-state index is -0.0948. The van der Waals surface area contributed by atoms with E-state index in [0.717, 1.165) is 36.1 Å². The summed E-state index contributed by atoms with van der Waals surface area (Å²) in [5, 5.41) is 11.4. The number of hydrogen-bond donors (Lipinski definition) is 1. The summed E-state index contributed by atoms with van der Waals surface area (Å²) in [6.07, 6.45) is 2.77. The normalized spacial score (nSPS) is 13.8. The maximum atomic E-state index is 8.90. The first-order valence-corrected chi connectivity index (χ1v) is 19.6. The van der Waals surface area contributed by atoms with Gasteiger partial charge in [0.2, 0.25) is 0 Å². The van der Waals surface area contributed by atoms with Gasteiger partial charge < -0.3 is 4.57 Å². The molecule has 0 aliphatic heterocycles. The molecule has 0 bridgehead atoms. The van der Waals surface area contributed by atoms with Crippen LogP contribution >= 0.6 is 0 Å². The highest BCUT2D eigenvalue weighted by Gasteiger charge is 2.36. The van der Waals surface area contributed by atoms with Crippen molar-refractivity contribution in [3.05, 3.63) is 198 Å². The van der Waals surface area contributed by atoms with Gasteiger partial charge >= 0.3 is 0 Å². The van der Waals surface area contributed by atoms with Crippen molar-refractivity contribution in [2.75, 3.05) is 0 Å². The molecule has 7 aromatic carbocycles. The molecular formula is C52H45N3. The number of rotatable bonds is 9. The summed E-state index contributed by atoms with van der Waals surface area (Å²) >= 11 is 0. The molecule has 268 valence electrons. The Morgan fingerprint density at radius 1 is 0.600 bits per heavy atom. The van der Waals surface area contributed by atoms with Gasteiger partial charge in [-0.2, -0.15) is 0 Å². The molecule has 3 heteroatoms. The van der Waals surface area contributed by atoms with E-state index in [0.29, 0.717) is 5.84 Å². The third-order valence-electron chi connectivity index (χ3n) is 11.8. The zero-order valence-corrected chi connectivity index (χ0v) is 31.8. The number of benzene rings is 7. The van der Waals surface area contributed by atoms with Gasteiger partial charge in [0.25, 0.3) is 0 Å². The Labute approximate surface area is 324 Å². The maximum Gasteiger partial charge on any atom is 0.152 e. The Bertz CT molecular complexity index is 2720. The van der Waals surface area contributed by atoms with Crippen LogP contribution in [0, 0.1) is 11.3 Å². The number of aryl methyl sites for hydroxylation is 1. The maximum absolute atomic E-state index is 8.90. The standard InChI is InChI=1S/C52H45N3/c1-4-36(50(38-20-10-6-11-21-38)54-51(53)39-22-12-7-13-23-39)28-27-35-17-16-24-41(31-35)55-48-32-40(37-18-8-5-9-19-37)29-30-43(48)45-33-44-42-25-14-15-26-46(42)52(2,3)47(44)34-49(45)55/h5-26,29-34,36,53H,4,27-28H2,1-3H3. The van der Waals surface area contributed by atoms with Crippen molar-refractivity contribution in [2.24, 2.45) is 10.9 Å². The average Bonchev–Trinajstić information content (AvgIpc) is 3.67. The first-order valence-electron chi connectivity index (χ1n) is 19.6. The minimum absolute atomic E-state index is 0.0948. The molecule has 1 N–H and O–H groups in total. The van der Waals surface area contributed by atoms with Crippen LogP contribution in [0.25, 0.3) is 49.7 Å². The van der Waals surface area contributed by atoms with Crippen LogP contribution in [-0.4, -0.2) is 16.1 Å². The molecule has 55 heavy (non-hydrogen) atoms. The van der Waals surface area contributed by atoms with E-state index in [1.54, 1.807) is 0 Å². The van der Waals surface area contributed by atoms with Crippen molar-refractivity contribution >= 4 is 33.4 Å². The molecule has 1 aromatic heterocycles. The van der Waals surface area contributed by atoms with Crippen LogP contribution in [0.5, 0.6) is 0 Å². The van der Waals surface area contributed by atoms with Gasteiger partial charge in [0.15, 0.2) is 5.84 Å². The lowest BCUT2D eigenvalue weighted by atomic mass is 9.82. The van der Waals surface area contributed by atoms with Crippen LogP contribution in [0.1, 0.15) is 61.4 Å². The Kier molecular flexibility index (Phi) is 8.86. The molecule has 0 saturated heterocycles. The monoisotopic (exact) mass is 711 g/mol. The molecule has 8 aromatic rings. The van der Waals surface area contributed by atoms with E-state index in [-0.39, 0.29) is 11.3 Å². The fraction of sp³-hybridized carbons (Fsp3) is 0.154. The van der Waals surface area contributed by atoms with Crippen LogP contribution in [0.15, 0.2) is 175 Å². The predicted octanol–water partition coefficient (Wildman–Crippen LogP) is 13.2. The summed E-state index contributed by atoms with van der Waals surface area (Å²) in [5.74, 6) is 0.502. The van der Waals surface area contributed by atoms with E-state index in [1.165, 1.54) is 66.4 Å². The zero-order valence-electron chi connectivity index (χ0n) is 31.8. The number of fused-ring (bicyclic) bond motifs is 6. The molecule has 0 spiro atoms. The molecule has 3 nitrogen and oxygen atoms in total. The van der Waals surface area contributed by atoms with Gasteiger partial charge in [-0.05, 0) is 94.1 Å². The summed E-state index contributed by atoms with van der Waals surface area (Å²) < 4.78 is 2.50. The average molecular weight is 712 g/mol. The number of aliphatic imine (C=N–C) groups is 1. The number of aromatic nitrogens is 1. The highest BCUT2D eigenvalue weighted by atomic mass is 15.0. The molecule has 0 fully saturated rings. The van der Waals surface area contributed by atoms with Crippen molar-refractivity contribution in [3.63, 3.8) is 0 Å². The van der Waals surface area contributed by atoms with Crippen molar-refractivity contribution in [1.29, 1.82) is 5.41 Å². The smallest absolute Gasteiger partial charge is 0.152 e. The minimum Gasteiger partial charge on any atom is -0.309 e. The predicted molar refractivity (Wildman–Crippen MR) is 232 cm³/mol. The quantitative estimate of drug-likeness (QED) is 0.114. The largest absolute Gasteiger partial charge is 0.309 e. The SMILES string of the molecule is CCC(CCc1cccc(-n2c3cc(-c4ccccc4)ccc3c3cc4c(cc32)C(C)(C)c2ccccc2-4)c1)C(=NC(=N)c1ccccc1)c1ccccc1. The lowest BCUT2D eigenvalue weighted by Gasteiger charge is -2.22. The summed E-state index contributed by atoms with van der Waals surface area (Å²) in [4.78, 5) is 5.01. The van der Waals surface area contributed by atoms with Crippen molar-refractivity contribution in [2.45, 2.75) is 45.4 Å². The highest BCUT2D eigenvalue weighted by molar-refractivity contribution is 6.13. The Balaban J connectivity index is 1.13. The van der Waals surface area contributed by atoms with Crippen molar-refractivity contribution in [1.82, 2.24) is 4.57 Å². The van der Waals surface area contributed by atoms with Gasteiger partial charge in [0.05, 0.1) is 16.7 Å². The molecule has 9 rings (SSSR count). The van der Waals surface area contributed by atoms with Crippen LogP contribution in [0.2, 0.25) is 0 Å². The second kappa shape index (κ2) is 14.2. The van der Waals surface area contributed by atoms with Crippen LogP contribution in [0.3, 0.4) is 0 Å². The van der Waals surface area contributed by atoms with Crippen LogP contribution in [0.4, 0.5) is 0 Å². The second-order valence-corrected chi connectivity index (χ2v) is 15.4. The Morgan fingerprint density at radius 3 is 2.02 bits per heavy atom. The van der Waals surface area contributed by atoms with Gasteiger partial charge in [0, 0.05) is 33.4 Å². The summed E-state index contributed by atoms with van der Waals surface area (Å²) in [7, 11) is 0. The molecule has 0 amide bonds. The molecule has 1 aliphatic carbocycles. The van der Waals surface area contributed by atoms with Gasteiger partial charge in [0.1, 0.15) is 0 Å². The zero-order chi connectivity index (χ0) is 37.5. The van der Waals surface area contributed by atoms with E-state index in [4.69, 9.17) is 10.4 Å². The van der Waals surface area contributed by atoms with Gasteiger partial charge in [-0.3, -0.25) is 5.41 Å². The molecule has 1 heterocycles. The molecule has 1 atom stereocenters. The second-order valence-electron chi connectivity index (χ2n) is 15.4. The van der Waals surface area contributed by atoms with Crippen LogP contribution < -0.4 is 0 Å². The Morgan fingerprint density at radius 2 is 1.27 bits per heavy atom. The number of nitrogens with zero attached hydrogens (tertiary/aromatic N) is 2. The van der Waals surface area contributed by atoms with E-state index < -0.39 is 0 Å². The van der Waals surface area contributed by atoms with E-state index in [2.05, 4.69) is 159 Å². The topological polar surface area (TPSA) is 41.1 Å². The molecule has 0 saturated carbocycles. The summed E-state index contributed by atoms with van der Waals surface area (Å²) in [6.45, 7) is 6.97. The first-order chi connectivity index (χ1) is 26.9. The molecule has 1 aliphatic rings. The first kappa shape index (κ1) is 34.4. The van der Waals surface area contributed by atoms with Crippen molar-refractivity contribution in [3.8, 4) is 27.9 Å². The van der Waals surface area contributed by atoms with Gasteiger partial charge in [-0.1, -0.05) is 160 Å². The lowest BCUT2D eigenvalue weighted by molar-refractivity contribution is 0.606. The van der Waals surface area contributed by atoms with E-state index >= 15 is 0 Å². The Hall–Kier alpha value is -6.32. The third kappa shape index (κ3) is 6.20. The fourth-order valence-corrected chi connectivity index (χ4v) is 8.81. The molecule has 1 unspecified atom stereocenters. The number of amidine groups is 1. The van der Waals surface area contributed by atoms with Gasteiger partial charge in [-0.15, -0.1) is 0 Å². The van der Waals surface area contributed by atoms with E-state index in [9.17, 15) is 0 Å². The third-order valence-corrected chi connectivity index (χ3v) is 11.8. The number of hydrogen-bond acceptors (Lipinski definition) is 1. The van der Waals surface area contributed by atoms with Crippen LogP contribution in [-0.2, 0) is 11.8 Å². The summed E-state index contributed by atoms with van der Waals surface area (Å²) in [6, 6.07) is 60.9.